The quantitative estimate of drug-likeness (QED) is 0.928. The summed E-state index contributed by atoms with van der Waals surface area (Å²) in [5.41, 5.74) is 1.37. The summed E-state index contributed by atoms with van der Waals surface area (Å²) in [5, 5.41) is 6.29. The Morgan fingerprint density at radius 2 is 2.25 bits per heavy atom. The predicted molar refractivity (Wildman–Crippen MR) is 83.6 cm³/mol. The molecule has 0 saturated carbocycles. The standard InChI is InChI=1S/C17H23N3/c1-13-12-20(2)9-7-17(13)19-11-15-5-3-4-14-10-18-8-6-16(14)15/h3-6,8,10,13,17,19H,7,9,11-12H2,1-2H3. The third-order valence-corrected chi connectivity index (χ3v) is 4.43. The molecular weight excluding hydrogens is 246 g/mol. The normalized spacial score (nSPS) is 24.1. The highest BCUT2D eigenvalue weighted by Crippen LogP contribution is 2.19. The third-order valence-electron chi connectivity index (χ3n) is 4.43. The van der Waals surface area contributed by atoms with Gasteiger partial charge in [-0.25, -0.2) is 0 Å². The van der Waals surface area contributed by atoms with Crippen LogP contribution in [-0.4, -0.2) is 36.1 Å². The molecule has 2 aromatic rings. The van der Waals surface area contributed by atoms with E-state index in [0.29, 0.717) is 12.0 Å². The lowest BCUT2D eigenvalue weighted by atomic mass is 9.94. The average Bonchev–Trinajstić information content (AvgIpc) is 2.46. The van der Waals surface area contributed by atoms with Crippen molar-refractivity contribution in [3.8, 4) is 0 Å². The van der Waals surface area contributed by atoms with E-state index in [0.717, 1.165) is 6.54 Å². The van der Waals surface area contributed by atoms with Gasteiger partial charge in [0.2, 0.25) is 0 Å². The molecule has 1 N–H and O–H groups in total. The molecule has 3 nitrogen and oxygen atoms in total. The van der Waals surface area contributed by atoms with Gasteiger partial charge in [0.05, 0.1) is 0 Å². The molecule has 20 heavy (non-hydrogen) atoms. The molecule has 0 amide bonds. The number of nitrogens with one attached hydrogen (secondary N) is 1. The van der Waals surface area contributed by atoms with Gasteiger partial charge in [0.1, 0.15) is 0 Å². The summed E-state index contributed by atoms with van der Waals surface area (Å²) in [4.78, 5) is 6.62. The largest absolute Gasteiger partial charge is 0.310 e. The minimum Gasteiger partial charge on any atom is -0.310 e. The van der Waals surface area contributed by atoms with Crippen LogP contribution in [0.5, 0.6) is 0 Å². The number of rotatable bonds is 3. The fourth-order valence-electron chi connectivity index (χ4n) is 3.24. The molecule has 1 aromatic heterocycles. The van der Waals surface area contributed by atoms with Crippen LogP contribution in [0.1, 0.15) is 18.9 Å². The molecule has 3 rings (SSSR count). The first kappa shape index (κ1) is 13.5. The number of aromatic nitrogens is 1. The van der Waals surface area contributed by atoms with Crippen LogP contribution in [0.4, 0.5) is 0 Å². The van der Waals surface area contributed by atoms with Crippen LogP contribution in [0.25, 0.3) is 10.8 Å². The SMILES string of the molecule is CC1CN(C)CCC1NCc1cccc2cnccc12. The highest BCUT2D eigenvalue weighted by molar-refractivity contribution is 5.84. The van der Waals surface area contributed by atoms with Crippen molar-refractivity contribution in [1.29, 1.82) is 0 Å². The van der Waals surface area contributed by atoms with E-state index in [4.69, 9.17) is 0 Å². The van der Waals surface area contributed by atoms with E-state index in [1.54, 1.807) is 0 Å². The Bertz CT molecular complexity index is 576. The van der Waals surface area contributed by atoms with Gasteiger partial charge in [0, 0.05) is 36.9 Å². The first-order valence-electron chi connectivity index (χ1n) is 7.47. The lowest BCUT2D eigenvalue weighted by Gasteiger charge is -2.35. The Morgan fingerprint density at radius 3 is 3.10 bits per heavy atom. The van der Waals surface area contributed by atoms with Gasteiger partial charge in [-0.1, -0.05) is 25.1 Å². The van der Waals surface area contributed by atoms with Gasteiger partial charge < -0.3 is 10.2 Å². The number of hydrogen-bond donors (Lipinski definition) is 1. The fourth-order valence-corrected chi connectivity index (χ4v) is 3.24. The summed E-state index contributed by atoms with van der Waals surface area (Å²) < 4.78 is 0. The molecule has 1 saturated heterocycles. The van der Waals surface area contributed by atoms with Crippen LogP contribution in [-0.2, 0) is 6.54 Å². The van der Waals surface area contributed by atoms with Gasteiger partial charge in [0.25, 0.3) is 0 Å². The number of fused-ring (bicyclic) bond motifs is 1. The van der Waals surface area contributed by atoms with Gasteiger partial charge in [0.15, 0.2) is 0 Å². The number of likely N-dealkylation sites (tertiary alicyclic amines) is 1. The van der Waals surface area contributed by atoms with Crippen molar-refractivity contribution in [2.45, 2.75) is 25.9 Å². The second kappa shape index (κ2) is 5.90. The lowest BCUT2D eigenvalue weighted by Crippen LogP contribution is -2.46. The smallest absolute Gasteiger partial charge is 0.0346 e. The van der Waals surface area contributed by atoms with Crippen LogP contribution in [0, 0.1) is 5.92 Å². The number of nitrogens with zero attached hydrogens (tertiary/aromatic N) is 2. The van der Waals surface area contributed by atoms with Gasteiger partial charge in [-0.3, -0.25) is 4.98 Å². The molecule has 106 valence electrons. The topological polar surface area (TPSA) is 28.2 Å². The van der Waals surface area contributed by atoms with E-state index >= 15 is 0 Å². The number of pyridine rings is 1. The molecule has 0 aliphatic carbocycles. The van der Waals surface area contributed by atoms with E-state index in [9.17, 15) is 0 Å². The van der Waals surface area contributed by atoms with Gasteiger partial charge >= 0.3 is 0 Å². The molecule has 3 heteroatoms. The highest BCUT2D eigenvalue weighted by atomic mass is 15.1. The van der Waals surface area contributed by atoms with Gasteiger partial charge in [-0.2, -0.15) is 0 Å². The zero-order chi connectivity index (χ0) is 13.9. The minimum absolute atomic E-state index is 0.628. The Morgan fingerprint density at radius 1 is 1.35 bits per heavy atom. The second-order valence-corrected chi connectivity index (χ2v) is 6.03. The molecule has 2 atom stereocenters. The maximum Gasteiger partial charge on any atom is 0.0346 e. The molecule has 0 radical (unpaired) electrons. The second-order valence-electron chi connectivity index (χ2n) is 6.03. The molecule has 2 heterocycles. The predicted octanol–water partition coefficient (Wildman–Crippen LogP) is 2.66. The molecule has 1 fully saturated rings. The first-order valence-corrected chi connectivity index (χ1v) is 7.47. The summed E-state index contributed by atoms with van der Waals surface area (Å²) >= 11 is 0. The summed E-state index contributed by atoms with van der Waals surface area (Å²) in [5.74, 6) is 0.713. The summed E-state index contributed by atoms with van der Waals surface area (Å²) in [6.45, 7) is 5.68. The highest BCUT2D eigenvalue weighted by Gasteiger charge is 2.23. The Balaban J connectivity index is 1.71. The zero-order valence-corrected chi connectivity index (χ0v) is 12.3. The Labute approximate surface area is 121 Å². The van der Waals surface area contributed by atoms with Crippen molar-refractivity contribution in [2.24, 2.45) is 5.92 Å². The first-order chi connectivity index (χ1) is 9.74. The van der Waals surface area contributed by atoms with Crippen LogP contribution in [0.2, 0.25) is 0 Å². The van der Waals surface area contributed by atoms with Crippen LogP contribution >= 0.6 is 0 Å². The van der Waals surface area contributed by atoms with E-state index < -0.39 is 0 Å². The Hall–Kier alpha value is -1.45. The zero-order valence-electron chi connectivity index (χ0n) is 12.3. The fraction of sp³-hybridized carbons (Fsp3) is 0.471. The van der Waals surface area contributed by atoms with Crippen LogP contribution in [0.3, 0.4) is 0 Å². The third kappa shape index (κ3) is 2.84. The lowest BCUT2D eigenvalue weighted by molar-refractivity contribution is 0.174. The van der Waals surface area contributed by atoms with E-state index in [-0.39, 0.29) is 0 Å². The summed E-state index contributed by atoms with van der Waals surface area (Å²) in [6, 6.07) is 9.21. The van der Waals surface area contributed by atoms with Crippen molar-refractivity contribution >= 4 is 10.8 Å². The maximum absolute atomic E-state index is 4.20. The number of benzene rings is 1. The van der Waals surface area contributed by atoms with Gasteiger partial charge in [-0.05, 0) is 42.9 Å². The molecule has 1 aromatic carbocycles. The van der Waals surface area contributed by atoms with Crippen molar-refractivity contribution in [3.63, 3.8) is 0 Å². The van der Waals surface area contributed by atoms with E-state index in [2.05, 4.69) is 53.4 Å². The van der Waals surface area contributed by atoms with Gasteiger partial charge in [-0.15, -0.1) is 0 Å². The monoisotopic (exact) mass is 269 g/mol. The number of hydrogen-bond acceptors (Lipinski definition) is 3. The molecule has 1 aliphatic rings. The maximum atomic E-state index is 4.20. The molecule has 1 aliphatic heterocycles. The Kier molecular flexibility index (Phi) is 3.99. The summed E-state index contributed by atoms with van der Waals surface area (Å²) in [6.07, 6.45) is 5.06. The van der Waals surface area contributed by atoms with E-state index in [1.807, 2.05) is 12.4 Å². The molecular formula is C17H23N3. The van der Waals surface area contributed by atoms with Crippen molar-refractivity contribution in [1.82, 2.24) is 15.2 Å². The van der Waals surface area contributed by atoms with Crippen molar-refractivity contribution in [3.05, 3.63) is 42.2 Å². The molecule has 2 unspecified atom stereocenters. The van der Waals surface area contributed by atoms with Crippen LogP contribution in [0.15, 0.2) is 36.7 Å². The van der Waals surface area contributed by atoms with Crippen molar-refractivity contribution in [2.75, 3.05) is 20.1 Å². The molecule has 0 bridgehead atoms. The van der Waals surface area contributed by atoms with Crippen molar-refractivity contribution < 1.29 is 0 Å². The molecule has 0 spiro atoms. The average molecular weight is 269 g/mol. The number of piperidine rings is 1. The van der Waals surface area contributed by atoms with Crippen LogP contribution < -0.4 is 5.32 Å². The summed E-state index contributed by atoms with van der Waals surface area (Å²) in [7, 11) is 2.21. The minimum atomic E-state index is 0.628. The van der Waals surface area contributed by atoms with E-state index in [1.165, 1.54) is 35.8 Å².